The van der Waals surface area contributed by atoms with Crippen molar-refractivity contribution < 1.29 is 14.6 Å². The van der Waals surface area contributed by atoms with E-state index >= 15 is 0 Å². The summed E-state index contributed by atoms with van der Waals surface area (Å²) in [5.41, 5.74) is 0.726. The van der Waals surface area contributed by atoms with Crippen molar-refractivity contribution in [3.63, 3.8) is 0 Å². The van der Waals surface area contributed by atoms with Crippen molar-refractivity contribution in [3.05, 3.63) is 23.5 Å². The van der Waals surface area contributed by atoms with E-state index in [1.807, 2.05) is 0 Å². The average molecular weight is 193 g/mol. The first-order chi connectivity index (χ1) is 6.66. The largest absolute Gasteiger partial charge is 0.489 e. The number of hydrogen-bond donors (Lipinski definition) is 1. The second-order valence-corrected chi connectivity index (χ2v) is 3.43. The van der Waals surface area contributed by atoms with Crippen molar-refractivity contribution in [2.45, 2.75) is 25.9 Å². The summed E-state index contributed by atoms with van der Waals surface area (Å²) in [5, 5.41) is 8.84. The molecule has 0 atom stereocenters. The Balaban J connectivity index is 2.24. The van der Waals surface area contributed by atoms with E-state index in [9.17, 15) is 4.79 Å². The van der Waals surface area contributed by atoms with Gasteiger partial charge in [-0.1, -0.05) is 0 Å². The second kappa shape index (κ2) is 3.29. The smallest absolute Gasteiger partial charge is 0.337 e. The van der Waals surface area contributed by atoms with Crippen molar-refractivity contribution in [2.24, 2.45) is 0 Å². The maximum atomic E-state index is 10.8. The first kappa shape index (κ1) is 8.99. The highest BCUT2D eigenvalue weighted by molar-refractivity contribution is 5.89. The van der Waals surface area contributed by atoms with Crippen LogP contribution in [0.2, 0.25) is 0 Å². The Morgan fingerprint density at radius 3 is 2.93 bits per heavy atom. The zero-order valence-corrected chi connectivity index (χ0v) is 7.86. The minimum atomic E-state index is -0.962. The summed E-state index contributed by atoms with van der Waals surface area (Å²) < 4.78 is 5.45. The molecule has 0 aromatic carbocycles. The molecule has 74 valence electrons. The van der Waals surface area contributed by atoms with Crippen LogP contribution in [0.25, 0.3) is 0 Å². The molecule has 1 aliphatic carbocycles. The van der Waals surface area contributed by atoms with Crippen LogP contribution in [0.5, 0.6) is 5.75 Å². The topological polar surface area (TPSA) is 59.4 Å². The van der Waals surface area contributed by atoms with E-state index in [4.69, 9.17) is 9.84 Å². The van der Waals surface area contributed by atoms with Crippen LogP contribution in [0.15, 0.2) is 12.3 Å². The van der Waals surface area contributed by atoms with Crippen LogP contribution in [0, 0.1) is 6.92 Å². The molecule has 1 fully saturated rings. The SMILES string of the molecule is Cc1ncc(OC2CC2)cc1C(=O)O. The van der Waals surface area contributed by atoms with Crippen LogP contribution < -0.4 is 4.74 Å². The van der Waals surface area contributed by atoms with Gasteiger partial charge in [0.15, 0.2) is 0 Å². The first-order valence-corrected chi connectivity index (χ1v) is 4.53. The third-order valence-electron chi connectivity index (χ3n) is 2.12. The Morgan fingerprint density at radius 1 is 1.64 bits per heavy atom. The Labute approximate surface area is 81.5 Å². The van der Waals surface area contributed by atoms with Gasteiger partial charge in [-0.3, -0.25) is 4.98 Å². The molecule has 1 saturated carbocycles. The average Bonchev–Trinajstić information content (AvgIpc) is 2.92. The number of aryl methyl sites for hydroxylation is 1. The number of pyridine rings is 1. The van der Waals surface area contributed by atoms with Crippen LogP contribution in [-0.2, 0) is 0 Å². The lowest BCUT2D eigenvalue weighted by Crippen LogP contribution is -2.04. The zero-order chi connectivity index (χ0) is 10.1. The Kier molecular flexibility index (Phi) is 2.11. The molecular formula is C10H11NO3. The Bertz CT molecular complexity index is 372. The molecule has 14 heavy (non-hydrogen) atoms. The number of nitrogens with zero attached hydrogens (tertiary/aromatic N) is 1. The number of carboxylic acid groups (broad SMARTS) is 1. The lowest BCUT2D eigenvalue weighted by molar-refractivity contribution is 0.0695. The van der Waals surface area contributed by atoms with Crippen molar-refractivity contribution in [2.75, 3.05) is 0 Å². The normalized spacial score (nSPS) is 15.2. The van der Waals surface area contributed by atoms with Gasteiger partial charge in [0, 0.05) is 0 Å². The van der Waals surface area contributed by atoms with Gasteiger partial charge >= 0.3 is 5.97 Å². The predicted octanol–water partition coefficient (Wildman–Crippen LogP) is 1.63. The van der Waals surface area contributed by atoms with Gasteiger partial charge in [0.25, 0.3) is 0 Å². The second-order valence-electron chi connectivity index (χ2n) is 3.43. The van der Waals surface area contributed by atoms with Gasteiger partial charge in [-0.15, -0.1) is 0 Å². The fourth-order valence-electron chi connectivity index (χ4n) is 1.17. The summed E-state index contributed by atoms with van der Waals surface area (Å²) in [6.45, 7) is 1.67. The molecule has 1 heterocycles. The number of carboxylic acids is 1. The third kappa shape index (κ3) is 1.84. The molecule has 4 nitrogen and oxygen atoms in total. The molecule has 4 heteroatoms. The number of hydrogen-bond acceptors (Lipinski definition) is 3. The highest BCUT2D eigenvalue weighted by Crippen LogP contribution is 2.27. The quantitative estimate of drug-likeness (QED) is 0.792. The Hall–Kier alpha value is -1.58. The molecule has 0 aliphatic heterocycles. The van der Waals surface area contributed by atoms with Crippen molar-refractivity contribution in [3.8, 4) is 5.75 Å². The van der Waals surface area contributed by atoms with Crippen molar-refractivity contribution >= 4 is 5.97 Å². The number of carbonyl (C=O) groups is 1. The van der Waals surface area contributed by atoms with E-state index in [0.29, 0.717) is 11.4 Å². The number of aromatic carboxylic acids is 1. The van der Waals surface area contributed by atoms with E-state index in [2.05, 4.69) is 4.98 Å². The van der Waals surface area contributed by atoms with E-state index in [-0.39, 0.29) is 11.7 Å². The van der Waals surface area contributed by atoms with E-state index in [0.717, 1.165) is 12.8 Å². The number of aromatic nitrogens is 1. The van der Waals surface area contributed by atoms with Gasteiger partial charge in [0.2, 0.25) is 0 Å². The Morgan fingerprint density at radius 2 is 2.36 bits per heavy atom. The monoisotopic (exact) mass is 193 g/mol. The molecule has 0 bridgehead atoms. The summed E-state index contributed by atoms with van der Waals surface area (Å²) in [5.74, 6) is -0.410. The summed E-state index contributed by atoms with van der Waals surface area (Å²) in [6.07, 6.45) is 3.94. The van der Waals surface area contributed by atoms with E-state index in [1.165, 1.54) is 6.07 Å². The molecule has 1 aromatic rings. The number of ether oxygens (including phenoxy) is 1. The molecule has 2 rings (SSSR count). The highest BCUT2D eigenvalue weighted by atomic mass is 16.5. The van der Waals surface area contributed by atoms with Crippen LogP contribution in [0.3, 0.4) is 0 Å². The van der Waals surface area contributed by atoms with Crippen molar-refractivity contribution in [1.29, 1.82) is 0 Å². The highest BCUT2D eigenvalue weighted by Gasteiger charge is 2.24. The van der Waals surface area contributed by atoms with Gasteiger partial charge in [0.1, 0.15) is 5.75 Å². The van der Waals surface area contributed by atoms with E-state index < -0.39 is 5.97 Å². The first-order valence-electron chi connectivity index (χ1n) is 4.53. The van der Waals surface area contributed by atoms with Gasteiger partial charge in [-0.25, -0.2) is 4.79 Å². The van der Waals surface area contributed by atoms with Gasteiger partial charge in [0.05, 0.1) is 23.6 Å². The number of rotatable bonds is 3. The molecule has 0 radical (unpaired) electrons. The van der Waals surface area contributed by atoms with Crippen LogP contribution >= 0.6 is 0 Å². The molecule has 1 aliphatic rings. The van der Waals surface area contributed by atoms with E-state index in [1.54, 1.807) is 13.1 Å². The fourth-order valence-corrected chi connectivity index (χ4v) is 1.17. The molecule has 1 N–H and O–H groups in total. The van der Waals surface area contributed by atoms with Crippen LogP contribution in [0.1, 0.15) is 28.9 Å². The van der Waals surface area contributed by atoms with Gasteiger partial charge in [-0.05, 0) is 25.8 Å². The van der Waals surface area contributed by atoms with Gasteiger partial charge < -0.3 is 9.84 Å². The summed E-state index contributed by atoms with van der Waals surface area (Å²) in [7, 11) is 0. The predicted molar refractivity (Wildman–Crippen MR) is 49.6 cm³/mol. The molecule has 0 spiro atoms. The van der Waals surface area contributed by atoms with Crippen LogP contribution in [0.4, 0.5) is 0 Å². The van der Waals surface area contributed by atoms with Gasteiger partial charge in [-0.2, -0.15) is 0 Å². The molecule has 0 unspecified atom stereocenters. The summed E-state index contributed by atoms with van der Waals surface area (Å²) >= 11 is 0. The standard InChI is InChI=1S/C10H11NO3/c1-6-9(10(12)13)4-8(5-11-6)14-7-2-3-7/h4-5,7H,2-3H2,1H3,(H,12,13). The van der Waals surface area contributed by atoms with Crippen LogP contribution in [-0.4, -0.2) is 22.2 Å². The minimum absolute atomic E-state index is 0.211. The molecular weight excluding hydrogens is 182 g/mol. The zero-order valence-electron chi connectivity index (χ0n) is 7.86. The third-order valence-corrected chi connectivity index (χ3v) is 2.12. The maximum Gasteiger partial charge on any atom is 0.337 e. The minimum Gasteiger partial charge on any atom is -0.489 e. The molecule has 0 amide bonds. The summed E-state index contributed by atoms with van der Waals surface area (Å²) in [6, 6.07) is 1.53. The molecule has 0 saturated heterocycles. The maximum absolute atomic E-state index is 10.8. The van der Waals surface area contributed by atoms with Crippen molar-refractivity contribution in [1.82, 2.24) is 4.98 Å². The molecule has 1 aromatic heterocycles. The lowest BCUT2D eigenvalue weighted by Gasteiger charge is -2.05. The lowest BCUT2D eigenvalue weighted by atomic mass is 10.2. The fraction of sp³-hybridized carbons (Fsp3) is 0.400. The summed E-state index contributed by atoms with van der Waals surface area (Å²) in [4.78, 5) is 14.8.